The fourth-order valence-corrected chi connectivity index (χ4v) is 8.26. The predicted octanol–water partition coefficient (Wildman–Crippen LogP) is 17.5. The Hall–Kier alpha value is -2.96. The maximum absolute atomic E-state index is 13.3. The topological polar surface area (TPSA) is 95.9 Å². The second-order valence-corrected chi connectivity index (χ2v) is 19.1. The van der Waals surface area contributed by atoms with Crippen LogP contribution >= 0.6 is 0 Å². The molecule has 0 aromatic carbocycles. The van der Waals surface area contributed by atoms with Gasteiger partial charge in [0, 0.05) is 6.42 Å². The molecular weight excluding hydrogens is 827 g/mol. The van der Waals surface area contributed by atoms with Crippen LogP contribution in [0.1, 0.15) is 265 Å². The Balaban J connectivity index is 4.65. The van der Waals surface area contributed by atoms with Crippen LogP contribution in [0, 0.1) is 0 Å². The second-order valence-electron chi connectivity index (χ2n) is 19.1. The molecule has 0 aliphatic rings. The fourth-order valence-electron chi connectivity index (χ4n) is 8.26. The van der Waals surface area contributed by atoms with Crippen molar-refractivity contribution in [1.82, 2.24) is 5.32 Å². The van der Waals surface area contributed by atoms with Gasteiger partial charge in [0.05, 0.1) is 25.2 Å². The van der Waals surface area contributed by atoms with E-state index >= 15 is 0 Å². The van der Waals surface area contributed by atoms with Crippen LogP contribution in [0.5, 0.6) is 0 Å². The number of aliphatic hydroxyl groups excluding tert-OH is 2. The summed E-state index contributed by atoms with van der Waals surface area (Å²) in [5, 5.41) is 23.8. The van der Waals surface area contributed by atoms with Gasteiger partial charge in [-0.25, -0.2) is 0 Å². The number of carbonyl (C=O) groups is 2. The van der Waals surface area contributed by atoms with Gasteiger partial charge in [-0.05, 0) is 77.0 Å². The Morgan fingerprint density at radius 2 is 0.851 bits per heavy atom. The molecule has 0 aliphatic carbocycles. The number of allylic oxidation sites excluding steroid dienone is 14. The lowest BCUT2D eigenvalue weighted by Gasteiger charge is -2.24. The molecule has 0 saturated carbocycles. The lowest BCUT2D eigenvalue weighted by atomic mass is 10.0. The maximum atomic E-state index is 13.3. The van der Waals surface area contributed by atoms with Crippen LogP contribution in [0.2, 0.25) is 0 Å². The van der Waals surface area contributed by atoms with E-state index < -0.39 is 18.2 Å². The van der Waals surface area contributed by atoms with E-state index in [1.165, 1.54) is 141 Å². The van der Waals surface area contributed by atoms with E-state index in [0.29, 0.717) is 19.3 Å². The average Bonchev–Trinajstić information content (AvgIpc) is 3.32. The smallest absolute Gasteiger partial charge is 0.306 e. The number of rotatable bonds is 50. The molecule has 0 rings (SSSR count). The molecule has 0 bridgehead atoms. The third-order valence-electron chi connectivity index (χ3n) is 12.6. The van der Waals surface area contributed by atoms with Gasteiger partial charge in [0.2, 0.25) is 5.91 Å². The quantitative estimate of drug-likeness (QED) is 0.0244. The summed E-state index contributed by atoms with van der Waals surface area (Å²) < 4.78 is 5.94. The Bertz CT molecular complexity index is 1280. The number of ether oxygens (including phenoxy) is 1. The third kappa shape index (κ3) is 49.3. The highest BCUT2D eigenvalue weighted by Gasteiger charge is 2.24. The van der Waals surface area contributed by atoms with Gasteiger partial charge in [-0.2, -0.15) is 0 Å². The molecule has 0 saturated heterocycles. The van der Waals surface area contributed by atoms with E-state index in [1.807, 2.05) is 36.5 Å². The molecule has 0 heterocycles. The SMILES string of the molecule is CCC/C=C/C=C/C=C/C=C/C=C/CCCCCC(CC(=O)NC(CO)C(O)CCCCCCCCCCCCCCC)OC(=O)CCCCCCCCCCC/C=C\C/C=C\CCCCC. The van der Waals surface area contributed by atoms with Crippen molar-refractivity contribution in [3.8, 4) is 0 Å². The molecule has 1 amide bonds. The van der Waals surface area contributed by atoms with Gasteiger partial charge >= 0.3 is 5.97 Å². The monoisotopic (exact) mass is 934 g/mol. The first-order chi connectivity index (χ1) is 33.0. The van der Waals surface area contributed by atoms with E-state index in [2.05, 4.69) is 74.7 Å². The van der Waals surface area contributed by atoms with Gasteiger partial charge in [0.1, 0.15) is 6.10 Å². The third-order valence-corrected chi connectivity index (χ3v) is 12.6. The van der Waals surface area contributed by atoms with E-state index in [1.54, 1.807) is 0 Å². The number of unbranched alkanes of at least 4 members (excludes halogenated alkanes) is 28. The molecule has 0 aromatic rings. The second kappa shape index (κ2) is 54.0. The highest BCUT2D eigenvalue weighted by Crippen LogP contribution is 2.18. The largest absolute Gasteiger partial charge is 0.462 e. The van der Waals surface area contributed by atoms with E-state index in [4.69, 9.17) is 4.74 Å². The summed E-state index contributed by atoms with van der Waals surface area (Å²) in [5.41, 5.74) is 0. The molecule has 0 radical (unpaired) electrons. The first-order valence-corrected chi connectivity index (χ1v) is 28.4. The zero-order chi connectivity index (χ0) is 48.8. The van der Waals surface area contributed by atoms with Crippen LogP contribution in [0.25, 0.3) is 0 Å². The number of aliphatic hydroxyl groups is 2. The lowest BCUT2D eigenvalue weighted by Crippen LogP contribution is -2.46. The Morgan fingerprint density at radius 1 is 0.448 bits per heavy atom. The van der Waals surface area contributed by atoms with Gasteiger partial charge in [-0.1, -0.05) is 260 Å². The molecule has 3 unspecified atom stereocenters. The fraction of sp³-hybridized carbons (Fsp3) is 0.738. The summed E-state index contributed by atoms with van der Waals surface area (Å²) in [6.07, 6.45) is 70.7. The minimum absolute atomic E-state index is 0.0446. The minimum Gasteiger partial charge on any atom is -0.462 e. The molecule has 3 atom stereocenters. The van der Waals surface area contributed by atoms with E-state index in [9.17, 15) is 19.8 Å². The molecule has 0 fully saturated rings. The van der Waals surface area contributed by atoms with Crippen molar-refractivity contribution in [2.75, 3.05) is 6.61 Å². The van der Waals surface area contributed by atoms with Crippen LogP contribution in [-0.2, 0) is 14.3 Å². The summed E-state index contributed by atoms with van der Waals surface area (Å²) in [6, 6.07) is -0.721. The standard InChI is InChI=1S/C61H107NO5/c1-4-7-10-13-16-19-22-25-27-29-30-31-33-36-39-42-45-48-51-54-61(66)67-57(52-49-46-43-40-37-35-32-28-26-23-20-17-14-11-8-5-2)55-60(65)62-58(56-63)59(64)53-50-47-44-41-38-34-24-21-18-15-12-9-6-3/h11,14,16-17,19-20,23,25-28,32,35,37,57-59,63-64H,4-10,12-13,15,18,21-22,24,29-31,33-34,36,38-56H2,1-3H3,(H,62,65)/b14-11+,19-16-,20-17+,26-23+,27-25-,32-28+,37-35+. The normalized spacial score (nSPS) is 13.8. The van der Waals surface area contributed by atoms with Crippen LogP contribution in [0.15, 0.2) is 85.1 Å². The zero-order valence-corrected chi connectivity index (χ0v) is 44.0. The molecular formula is C61H107NO5. The van der Waals surface area contributed by atoms with Crippen LogP contribution in [0.4, 0.5) is 0 Å². The Morgan fingerprint density at radius 3 is 1.37 bits per heavy atom. The van der Waals surface area contributed by atoms with Crippen molar-refractivity contribution >= 4 is 11.9 Å². The molecule has 0 aliphatic heterocycles. The first kappa shape index (κ1) is 64.0. The average molecular weight is 935 g/mol. The van der Waals surface area contributed by atoms with Gasteiger partial charge in [-0.3, -0.25) is 9.59 Å². The number of hydrogen-bond donors (Lipinski definition) is 3. The summed E-state index contributed by atoms with van der Waals surface area (Å²) in [4.78, 5) is 26.3. The summed E-state index contributed by atoms with van der Waals surface area (Å²) >= 11 is 0. The Kier molecular flexibility index (Phi) is 51.6. The first-order valence-electron chi connectivity index (χ1n) is 28.4. The number of hydrogen-bond acceptors (Lipinski definition) is 5. The van der Waals surface area contributed by atoms with Crippen molar-refractivity contribution in [3.63, 3.8) is 0 Å². The van der Waals surface area contributed by atoms with Gasteiger partial charge in [0.15, 0.2) is 0 Å². The van der Waals surface area contributed by atoms with Crippen molar-refractivity contribution in [2.45, 2.75) is 283 Å². The molecule has 386 valence electrons. The van der Waals surface area contributed by atoms with Crippen LogP contribution < -0.4 is 5.32 Å². The minimum atomic E-state index is -0.805. The van der Waals surface area contributed by atoms with Gasteiger partial charge in [0.25, 0.3) is 0 Å². The maximum Gasteiger partial charge on any atom is 0.306 e. The predicted molar refractivity (Wildman–Crippen MR) is 291 cm³/mol. The molecule has 6 nitrogen and oxygen atoms in total. The highest BCUT2D eigenvalue weighted by molar-refractivity contribution is 5.77. The summed E-state index contributed by atoms with van der Waals surface area (Å²) in [6.45, 7) is 6.37. The number of esters is 1. The van der Waals surface area contributed by atoms with Crippen molar-refractivity contribution in [2.24, 2.45) is 0 Å². The molecule has 67 heavy (non-hydrogen) atoms. The zero-order valence-electron chi connectivity index (χ0n) is 44.0. The summed E-state index contributed by atoms with van der Waals surface area (Å²) in [5.74, 6) is -0.519. The number of nitrogens with one attached hydrogen (secondary N) is 1. The van der Waals surface area contributed by atoms with Crippen LogP contribution in [-0.4, -0.2) is 46.9 Å². The molecule has 3 N–H and O–H groups in total. The number of carbonyl (C=O) groups excluding carboxylic acids is 2. The van der Waals surface area contributed by atoms with Crippen molar-refractivity contribution < 1.29 is 24.5 Å². The molecule has 0 spiro atoms. The Labute approximate surface area is 414 Å². The van der Waals surface area contributed by atoms with E-state index in [0.717, 1.165) is 77.0 Å². The lowest BCUT2D eigenvalue weighted by molar-refractivity contribution is -0.151. The van der Waals surface area contributed by atoms with Gasteiger partial charge in [-0.15, -0.1) is 0 Å². The van der Waals surface area contributed by atoms with Gasteiger partial charge < -0.3 is 20.3 Å². The molecule has 0 aromatic heterocycles. The summed E-state index contributed by atoms with van der Waals surface area (Å²) in [7, 11) is 0. The van der Waals surface area contributed by atoms with Crippen LogP contribution in [0.3, 0.4) is 0 Å². The number of amides is 1. The van der Waals surface area contributed by atoms with Crippen molar-refractivity contribution in [3.05, 3.63) is 85.1 Å². The molecule has 6 heteroatoms. The van der Waals surface area contributed by atoms with E-state index in [-0.39, 0.29) is 24.9 Å². The highest BCUT2D eigenvalue weighted by atomic mass is 16.5. The van der Waals surface area contributed by atoms with Crippen molar-refractivity contribution in [1.29, 1.82) is 0 Å².